The Morgan fingerprint density at radius 2 is 1.89 bits per heavy atom. The lowest BCUT2D eigenvalue weighted by atomic mass is 10.2. The molecule has 3 aromatic rings. The minimum atomic E-state index is 0.808. The number of rotatable bonds is 4. The van der Waals surface area contributed by atoms with Gasteiger partial charge in [0.25, 0.3) is 0 Å². The fourth-order valence-electron chi connectivity index (χ4n) is 1.93. The van der Waals surface area contributed by atoms with Gasteiger partial charge in [-0.05, 0) is 23.6 Å². The lowest BCUT2D eigenvalue weighted by Gasteiger charge is -2.04. The number of nitrogens with one attached hydrogen (secondary N) is 1. The number of benzene rings is 1. The molecule has 1 aromatic carbocycles. The van der Waals surface area contributed by atoms with Crippen LogP contribution in [-0.2, 0) is 13.1 Å². The second-order valence-corrected chi connectivity index (χ2v) is 5.21. The molecule has 0 amide bonds. The Balaban J connectivity index is 1.67. The molecular formula is C15H14N2S. The molecule has 2 nitrogen and oxygen atoms in total. The maximum Gasteiger partial charge on any atom is 0.0705 e. The zero-order valence-electron chi connectivity index (χ0n) is 9.97. The molecule has 3 heteroatoms. The molecular weight excluding hydrogens is 240 g/mol. The lowest BCUT2D eigenvalue weighted by Crippen LogP contribution is -2.12. The number of aromatic nitrogens is 1. The van der Waals surface area contributed by atoms with Crippen LogP contribution in [0, 0.1) is 0 Å². The van der Waals surface area contributed by atoms with E-state index in [0.717, 1.165) is 24.3 Å². The SMILES string of the molecule is c1csc(CNCc2ccc3ccccc3n2)c1. The highest BCUT2D eigenvalue weighted by atomic mass is 32.1. The predicted molar refractivity (Wildman–Crippen MR) is 76.6 cm³/mol. The van der Waals surface area contributed by atoms with Crippen molar-refractivity contribution in [1.29, 1.82) is 0 Å². The quantitative estimate of drug-likeness (QED) is 0.769. The molecule has 0 saturated carbocycles. The predicted octanol–water partition coefficient (Wildman–Crippen LogP) is 3.59. The molecule has 90 valence electrons. The third kappa shape index (κ3) is 2.58. The molecule has 0 aliphatic carbocycles. The van der Waals surface area contributed by atoms with Gasteiger partial charge in [0.05, 0.1) is 11.2 Å². The van der Waals surface area contributed by atoms with Crippen LogP contribution < -0.4 is 5.32 Å². The van der Waals surface area contributed by atoms with Crippen LogP contribution in [0.3, 0.4) is 0 Å². The lowest BCUT2D eigenvalue weighted by molar-refractivity contribution is 0.688. The number of nitrogens with zero attached hydrogens (tertiary/aromatic N) is 1. The number of fused-ring (bicyclic) bond motifs is 1. The van der Waals surface area contributed by atoms with E-state index in [2.05, 4.69) is 52.1 Å². The molecule has 0 spiro atoms. The molecule has 0 aliphatic heterocycles. The van der Waals surface area contributed by atoms with Gasteiger partial charge in [-0.25, -0.2) is 0 Å². The largest absolute Gasteiger partial charge is 0.306 e. The van der Waals surface area contributed by atoms with Crippen LogP contribution in [-0.4, -0.2) is 4.98 Å². The van der Waals surface area contributed by atoms with Crippen molar-refractivity contribution in [2.75, 3.05) is 0 Å². The standard InChI is InChI=1S/C15H14N2S/c1-2-6-15-12(4-1)7-8-13(17-15)10-16-11-14-5-3-9-18-14/h1-9,16H,10-11H2. The third-order valence-corrected chi connectivity index (χ3v) is 3.72. The molecule has 0 fully saturated rings. The van der Waals surface area contributed by atoms with Crippen LogP contribution in [0.15, 0.2) is 53.9 Å². The topological polar surface area (TPSA) is 24.9 Å². The van der Waals surface area contributed by atoms with Gasteiger partial charge in [0, 0.05) is 23.4 Å². The van der Waals surface area contributed by atoms with E-state index in [0.29, 0.717) is 0 Å². The molecule has 2 heterocycles. The molecule has 2 aromatic heterocycles. The van der Waals surface area contributed by atoms with Gasteiger partial charge >= 0.3 is 0 Å². The van der Waals surface area contributed by atoms with Gasteiger partial charge in [0.15, 0.2) is 0 Å². The Morgan fingerprint density at radius 3 is 2.78 bits per heavy atom. The summed E-state index contributed by atoms with van der Waals surface area (Å²) in [5, 5.41) is 6.71. The zero-order chi connectivity index (χ0) is 12.2. The van der Waals surface area contributed by atoms with Crippen molar-refractivity contribution < 1.29 is 0 Å². The number of thiophene rings is 1. The summed E-state index contributed by atoms with van der Waals surface area (Å²) in [6.45, 7) is 1.72. The van der Waals surface area contributed by atoms with Crippen LogP contribution >= 0.6 is 11.3 Å². The van der Waals surface area contributed by atoms with E-state index in [-0.39, 0.29) is 0 Å². The minimum absolute atomic E-state index is 0.808. The smallest absolute Gasteiger partial charge is 0.0705 e. The van der Waals surface area contributed by atoms with Crippen molar-refractivity contribution in [2.45, 2.75) is 13.1 Å². The maximum absolute atomic E-state index is 4.63. The summed E-state index contributed by atoms with van der Waals surface area (Å²) >= 11 is 1.78. The van der Waals surface area contributed by atoms with Crippen molar-refractivity contribution in [3.05, 3.63) is 64.5 Å². The van der Waals surface area contributed by atoms with Gasteiger partial charge in [0.1, 0.15) is 0 Å². The first-order valence-corrected chi connectivity index (χ1v) is 6.87. The average Bonchev–Trinajstić information content (AvgIpc) is 2.92. The summed E-state index contributed by atoms with van der Waals surface area (Å²) in [6, 6.07) is 16.6. The van der Waals surface area contributed by atoms with Crippen molar-refractivity contribution in [1.82, 2.24) is 10.3 Å². The summed E-state index contributed by atoms with van der Waals surface area (Å²) in [6.07, 6.45) is 0. The van der Waals surface area contributed by atoms with Gasteiger partial charge < -0.3 is 5.32 Å². The Kier molecular flexibility index (Phi) is 3.35. The Labute approximate surface area is 110 Å². The molecule has 0 unspecified atom stereocenters. The zero-order valence-corrected chi connectivity index (χ0v) is 10.8. The molecule has 0 saturated heterocycles. The summed E-state index contributed by atoms with van der Waals surface area (Å²) in [4.78, 5) is 5.99. The van der Waals surface area contributed by atoms with Gasteiger partial charge in [-0.3, -0.25) is 4.98 Å². The normalized spacial score (nSPS) is 10.9. The Hall–Kier alpha value is -1.71. The summed E-state index contributed by atoms with van der Waals surface area (Å²) < 4.78 is 0. The van der Waals surface area contributed by atoms with Gasteiger partial charge in [-0.15, -0.1) is 11.3 Å². The second-order valence-electron chi connectivity index (χ2n) is 4.18. The van der Waals surface area contributed by atoms with Crippen molar-refractivity contribution >= 4 is 22.2 Å². The van der Waals surface area contributed by atoms with E-state index in [1.807, 2.05) is 12.1 Å². The van der Waals surface area contributed by atoms with Crippen LogP contribution in [0.4, 0.5) is 0 Å². The molecule has 0 radical (unpaired) electrons. The summed E-state index contributed by atoms with van der Waals surface area (Å²) in [5.41, 5.74) is 2.15. The van der Waals surface area contributed by atoms with Gasteiger partial charge in [-0.2, -0.15) is 0 Å². The highest BCUT2D eigenvalue weighted by Gasteiger charge is 1.98. The molecule has 1 N–H and O–H groups in total. The van der Waals surface area contributed by atoms with Crippen LogP contribution in [0.1, 0.15) is 10.6 Å². The van der Waals surface area contributed by atoms with E-state index in [9.17, 15) is 0 Å². The summed E-state index contributed by atoms with van der Waals surface area (Å²) in [5.74, 6) is 0. The van der Waals surface area contributed by atoms with Crippen LogP contribution in [0.2, 0.25) is 0 Å². The van der Waals surface area contributed by atoms with Crippen LogP contribution in [0.5, 0.6) is 0 Å². The van der Waals surface area contributed by atoms with E-state index in [1.165, 1.54) is 10.3 Å². The highest BCUT2D eigenvalue weighted by molar-refractivity contribution is 7.09. The first kappa shape index (κ1) is 11.4. The van der Waals surface area contributed by atoms with E-state index in [1.54, 1.807) is 11.3 Å². The second kappa shape index (κ2) is 5.29. The number of para-hydroxylation sites is 1. The fraction of sp³-hybridized carbons (Fsp3) is 0.133. The summed E-state index contributed by atoms with van der Waals surface area (Å²) in [7, 11) is 0. The van der Waals surface area contributed by atoms with Crippen LogP contribution in [0.25, 0.3) is 10.9 Å². The van der Waals surface area contributed by atoms with E-state index < -0.39 is 0 Å². The monoisotopic (exact) mass is 254 g/mol. The number of hydrogen-bond donors (Lipinski definition) is 1. The van der Waals surface area contributed by atoms with Gasteiger partial charge in [0.2, 0.25) is 0 Å². The number of hydrogen-bond acceptors (Lipinski definition) is 3. The Bertz CT molecular complexity index is 632. The molecule has 18 heavy (non-hydrogen) atoms. The van der Waals surface area contributed by atoms with Gasteiger partial charge in [-0.1, -0.05) is 30.3 Å². The van der Waals surface area contributed by atoms with E-state index in [4.69, 9.17) is 0 Å². The Morgan fingerprint density at radius 1 is 0.944 bits per heavy atom. The van der Waals surface area contributed by atoms with Crippen molar-refractivity contribution in [2.24, 2.45) is 0 Å². The maximum atomic E-state index is 4.63. The van der Waals surface area contributed by atoms with E-state index >= 15 is 0 Å². The first-order chi connectivity index (χ1) is 8.92. The average molecular weight is 254 g/mol. The third-order valence-electron chi connectivity index (χ3n) is 2.84. The molecule has 0 atom stereocenters. The highest BCUT2D eigenvalue weighted by Crippen LogP contribution is 2.12. The number of pyridine rings is 1. The molecule has 0 bridgehead atoms. The minimum Gasteiger partial charge on any atom is -0.306 e. The molecule has 0 aliphatic rings. The van der Waals surface area contributed by atoms with Crippen molar-refractivity contribution in [3.63, 3.8) is 0 Å². The first-order valence-electron chi connectivity index (χ1n) is 5.99. The molecule has 3 rings (SSSR count). The fourth-order valence-corrected chi connectivity index (χ4v) is 2.61. The van der Waals surface area contributed by atoms with Crippen molar-refractivity contribution in [3.8, 4) is 0 Å².